The molecule has 0 saturated carbocycles. The molecule has 31 heavy (non-hydrogen) atoms. The number of halogens is 1. The second-order valence-corrected chi connectivity index (χ2v) is 8.50. The van der Waals surface area contributed by atoms with Crippen LogP contribution < -0.4 is 19.5 Å². The number of amides is 1. The molecule has 3 rings (SSSR count). The van der Waals surface area contributed by atoms with E-state index in [0.717, 1.165) is 29.8 Å². The van der Waals surface area contributed by atoms with E-state index in [1.807, 2.05) is 0 Å². The van der Waals surface area contributed by atoms with Gasteiger partial charge in [0.15, 0.2) is 17.6 Å². The van der Waals surface area contributed by atoms with Crippen molar-refractivity contribution >= 4 is 21.9 Å². The van der Waals surface area contributed by atoms with Crippen LogP contribution in [0.25, 0.3) is 0 Å². The molecule has 2 aromatic rings. The van der Waals surface area contributed by atoms with Gasteiger partial charge in [0.25, 0.3) is 5.91 Å². The van der Waals surface area contributed by atoms with E-state index < -0.39 is 39.9 Å². The topological polar surface area (TPSA) is 120 Å². The molecule has 11 heteroatoms. The van der Waals surface area contributed by atoms with Crippen LogP contribution >= 0.6 is 0 Å². The van der Waals surface area contributed by atoms with Gasteiger partial charge in [-0.05, 0) is 55.8 Å². The number of carbonyl (C=O) groups is 2. The molecule has 0 aliphatic carbocycles. The summed E-state index contributed by atoms with van der Waals surface area (Å²) < 4.78 is 55.2. The molecule has 2 N–H and O–H groups in total. The molecule has 0 spiro atoms. The fourth-order valence-corrected chi connectivity index (χ4v) is 3.87. The molecule has 9 nitrogen and oxygen atoms in total. The van der Waals surface area contributed by atoms with Gasteiger partial charge in [-0.25, -0.2) is 12.8 Å². The van der Waals surface area contributed by atoms with Crippen molar-refractivity contribution in [1.82, 2.24) is 10.0 Å². The number of carbonyl (C=O) groups excluding carboxylic acids is 2. The number of esters is 1. The Labute approximate surface area is 178 Å². The third kappa shape index (κ3) is 5.70. The molecule has 1 heterocycles. The van der Waals surface area contributed by atoms with E-state index in [1.54, 1.807) is 18.2 Å². The van der Waals surface area contributed by atoms with E-state index in [1.165, 1.54) is 13.8 Å². The fourth-order valence-electron chi connectivity index (χ4n) is 2.68. The Morgan fingerprint density at radius 2 is 1.77 bits per heavy atom. The second-order valence-electron chi connectivity index (χ2n) is 6.78. The molecule has 2 atom stereocenters. The summed E-state index contributed by atoms with van der Waals surface area (Å²) in [6.07, 6.45) is -1.15. The summed E-state index contributed by atoms with van der Waals surface area (Å²) in [6, 6.07) is 8.07. The predicted molar refractivity (Wildman–Crippen MR) is 106 cm³/mol. The maximum absolute atomic E-state index is 13.0. The van der Waals surface area contributed by atoms with Gasteiger partial charge < -0.3 is 19.5 Å². The average molecular weight is 452 g/mol. The number of benzene rings is 2. The number of hydrogen-bond donors (Lipinski definition) is 2. The summed E-state index contributed by atoms with van der Waals surface area (Å²) in [5.41, 5.74) is 0.761. The minimum atomic E-state index is -4.07. The minimum Gasteiger partial charge on any atom is -0.454 e. The third-order valence-electron chi connectivity index (χ3n) is 4.38. The number of nitrogens with one attached hydrogen (secondary N) is 2. The van der Waals surface area contributed by atoms with Gasteiger partial charge in [-0.3, -0.25) is 9.59 Å². The molecule has 1 amide bonds. The first-order chi connectivity index (χ1) is 14.7. The molecule has 1 aliphatic heterocycles. The Morgan fingerprint density at radius 3 is 2.48 bits per heavy atom. The molecule has 0 aromatic heterocycles. The summed E-state index contributed by atoms with van der Waals surface area (Å²) in [4.78, 5) is 24.2. The quantitative estimate of drug-likeness (QED) is 0.582. The fraction of sp³-hybridized carbons (Fsp3) is 0.300. The van der Waals surface area contributed by atoms with E-state index in [2.05, 4.69) is 10.0 Å². The third-order valence-corrected chi connectivity index (χ3v) is 5.93. The van der Waals surface area contributed by atoms with Crippen molar-refractivity contribution in [2.45, 2.75) is 37.4 Å². The first kappa shape index (κ1) is 22.5. The summed E-state index contributed by atoms with van der Waals surface area (Å²) >= 11 is 0. The number of ether oxygens (including phenoxy) is 3. The van der Waals surface area contributed by atoms with E-state index in [-0.39, 0.29) is 18.2 Å². The Hall–Kier alpha value is -3.18. The van der Waals surface area contributed by atoms with Crippen molar-refractivity contribution in [3.8, 4) is 11.5 Å². The second kappa shape index (κ2) is 9.31. The molecule has 1 aliphatic rings. The van der Waals surface area contributed by atoms with Gasteiger partial charge in [0.05, 0.1) is 4.90 Å². The van der Waals surface area contributed by atoms with Crippen LogP contribution in [0.3, 0.4) is 0 Å². The van der Waals surface area contributed by atoms with Crippen LogP contribution in [-0.2, 0) is 30.9 Å². The van der Waals surface area contributed by atoms with Gasteiger partial charge >= 0.3 is 5.97 Å². The standard InChI is InChI=1S/C20H21FN2O7S/c1-12(23-31(26,27)16-6-4-15(21)5-7-16)20(25)30-13(2)19(24)22-10-14-3-8-17-18(9-14)29-11-28-17/h3-9,12-13,23H,10-11H2,1-2H3,(H,22,24)/t12-,13?/m0/s1. The molecule has 0 fully saturated rings. The van der Waals surface area contributed by atoms with Crippen molar-refractivity contribution in [1.29, 1.82) is 0 Å². The van der Waals surface area contributed by atoms with Gasteiger partial charge in [-0.15, -0.1) is 0 Å². The van der Waals surface area contributed by atoms with Gasteiger partial charge in [-0.2, -0.15) is 4.72 Å². The zero-order valence-electron chi connectivity index (χ0n) is 16.8. The van der Waals surface area contributed by atoms with Crippen molar-refractivity contribution in [2.75, 3.05) is 6.79 Å². The lowest BCUT2D eigenvalue weighted by molar-refractivity contribution is -0.156. The lowest BCUT2D eigenvalue weighted by Gasteiger charge is -2.17. The maximum atomic E-state index is 13.0. The lowest BCUT2D eigenvalue weighted by Crippen LogP contribution is -2.43. The lowest BCUT2D eigenvalue weighted by atomic mass is 10.2. The largest absolute Gasteiger partial charge is 0.454 e. The summed E-state index contributed by atoms with van der Waals surface area (Å²) in [7, 11) is -4.07. The number of hydrogen-bond acceptors (Lipinski definition) is 7. The SMILES string of the molecule is CC(OC(=O)[C@H](C)NS(=O)(=O)c1ccc(F)cc1)C(=O)NCc1ccc2c(c1)OCO2. The summed E-state index contributed by atoms with van der Waals surface area (Å²) in [5.74, 6) is -0.883. The molecule has 1 unspecified atom stereocenters. The maximum Gasteiger partial charge on any atom is 0.324 e. The van der Waals surface area contributed by atoms with E-state index in [4.69, 9.17) is 14.2 Å². The minimum absolute atomic E-state index is 0.140. The highest BCUT2D eigenvalue weighted by Gasteiger charge is 2.26. The van der Waals surface area contributed by atoms with Gasteiger partial charge in [0.2, 0.25) is 16.8 Å². The molecule has 0 saturated heterocycles. The van der Waals surface area contributed by atoms with E-state index >= 15 is 0 Å². The summed E-state index contributed by atoms with van der Waals surface area (Å²) in [5, 5.41) is 2.63. The molecular weight excluding hydrogens is 431 g/mol. The smallest absolute Gasteiger partial charge is 0.324 e. The average Bonchev–Trinajstić information content (AvgIpc) is 3.19. The first-order valence-electron chi connectivity index (χ1n) is 9.30. The van der Waals surface area contributed by atoms with Crippen molar-refractivity contribution in [2.24, 2.45) is 0 Å². The summed E-state index contributed by atoms with van der Waals surface area (Å²) in [6.45, 7) is 2.96. The van der Waals surface area contributed by atoms with Crippen LogP contribution in [0.15, 0.2) is 47.4 Å². The Kier molecular flexibility index (Phi) is 6.76. The Bertz CT molecular complexity index is 1070. The highest BCUT2D eigenvalue weighted by atomic mass is 32.2. The molecule has 0 radical (unpaired) electrons. The van der Waals surface area contributed by atoms with Crippen molar-refractivity contribution in [3.05, 3.63) is 53.8 Å². The normalized spacial score (nSPS) is 14.5. The van der Waals surface area contributed by atoms with Gasteiger partial charge in [0, 0.05) is 6.54 Å². The van der Waals surface area contributed by atoms with Crippen LogP contribution in [0, 0.1) is 5.82 Å². The first-order valence-corrected chi connectivity index (χ1v) is 10.8. The number of rotatable bonds is 8. The number of sulfonamides is 1. The van der Waals surface area contributed by atoms with Crippen molar-refractivity contribution < 1.29 is 36.6 Å². The molecule has 2 aromatic carbocycles. The highest BCUT2D eigenvalue weighted by Crippen LogP contribution is 2.32. The van der Waals surface area contributed by atoms with Crippen LogP contribution in [0.2, 0.25) is 0 Å². The van der Waals surface area contributed by atoms with Gasteiger partial charge in [-0.1, -0.05) is 6.07 Å². The van der Waals surface area contributed by atoms with Crippen molar-refractivity contribution in [3.63, 3.8) is 0 Å². The highest BCUT2D eigenvalue weighted by molar-refractivity contribution is 7.89. The molecule has 166 valence electrons. The molecule has 0 bridgehead atoms. The predicted octanol–water partition coefficient (Wildman–Crippen LogP) is 1.47. The van der Waals surface area contributed by atoms with Crippen LogP contribution in [0.5, 0.6) is 11.5 Å². The van der Waals surface area contributed by atoms with Crippen LogP contribution in [-0.4, -0.2) is 39.2 Å². The zero-order chi connectivity index (χ0) is 22.6. The monoisotopic (exact) mass is 452 g/mol. The van der Waals surface area contributed by atoms with E-state index in [0.29, 0.717) is 11.5 Å². The Balaban J connectivity index is 1.50. The van der Waals surface area contributed by atoms with Crippen LogP contribution in [0.4, 0.5) is 4.39 Å². The Morgan fingerprint density at radius 1 is 1.10 bits per heavy atom. The van der Waals surface area contributed by atoms with Gasteiger partial charge in [0.1, 0.15) is 11.9 Å². The van der Waals surface area contributed by atoms with Crippen LogP contribution in [0.1, 0.15) is 19.4 Å². The molecular formula is C20H21FN2O7S. The zero-order valence-corrected chi connectivity index (χ0v) is 17.6. The van der Waals surface area contributed by atoms with E-state index in [9.17, 15) is 22.4 Å². The number of fused-ring (bicyclic) bond motifs is 1.